The highest BCUT2D eigenvalue weighted by molar-refractivity contribution is 6.07. The number of halogens is 1. The molecule has 0 spiro atoms. The van der Waals surface area contributed by atoms with Gasteiger partial charge in [-0.15, -0.1) is 0 Å². The lowest BCUT2D eigenvalue weighted by Crippen LogP contribution is -2.32. The van der Waals surface area contributed by atoms with Gasteiger partial charge in [0.2, 0.25) is 0 Å². The van der Waals surface area contributed by atoms with E-state index in [1.807, 2.05) is 30.3 Å². The molecule has 1 amide bonds. The van der Waals surface area contributed by atoms with Crippen molar-refractivity contribution in [3.8, 4) is 0 Å². The lowest BCUT2D eigenvalue weighted by Gasteiger charge is -2.23. The highest BCUT2D eigenvalue weighted by atomic mass is 19.1. The summed E-state index contributed by atoms with van der Waals surface area (Å²) < 4.78 is 13.2. The van der Waals surface area contributed by atoms with Crippen LogP contribution < -0.4 is 4.90 Å². The third-order valence-corrected chi connectivity index (χ3v) is 3.47. The van der Waals surface area contributed by atoms with E-state index in [1.165, 1.54) is 12.1 Å². The monoisotopic (exact) mass is 285 g/mol. The van der Waals surface area contributed by atoms with Crippen LogP contribution in [0.2, 0.25) is 0 Å². The molecule has 0 saturated carbocycles. The minimum atomic E-state index is -0.316. The number of hydrogen-bond acceptors (Lipinski definition) is 1. The van der Waals surface area contributed by atoms with Gasteiger partial charge in [-0.3, -0.25) is 4.79 Å². The van der Waals surface area contributed by atoms with Gasteiger partial charge in [-0.05, 0) is 49.2 Å². The lowest BCUT2D eigenvalue weighted by molar-refractivity contribution is 0.0986. The van der Waals surface area contributed by atoms with Gasteiger partial charge in [0.25, 0.3) is 5.91 Å². The van der Waals surface area contributed by atoms with E-state index in [-0.39, 0.29) is 11.7 Å². The molecule has 0 aliphatic rings. The first-order chi connectivity index (χ1) is 10.1. The van der Waals surface area contributed by atoms with Gasteiger partial charge in [-0.2, -0.15) is 0 Å². The summed E-state index contributed by atoms with van der Waals surface area (Å²) in [6.45, 7) is 4.52. The summed E-state index contributed by atoms with van der Waals surface area (Å²) in [5.41, 5.74) is 2.09. The Morgan fingerprint density at radius 3 is 2.48 bits per heavy atom. The van der Waals surface area contributed by atoms with Crippen LogP contribution in [0.5, 0.6) is 0 Å². The van der Waals surface area contributed by atoms with Crippen molar-refractivity contribution in [3.05, 3.63) is 65.5 Å². The number of amides is 1. The molecule has 21 heavy (non-hydrogen) atoms. The average molecular weight is 285 g/mol. The first-order valence-electron chi connectivity index (χ1n) is 7.26. The zero-order valence-electron chi connectivity index (χ0n) is 12.5. The standard InChI is InChI=1S/C18H20FNO/c1-3-4-12-20(16-8-6-5-7-9-16)18(21)17-11-10-15(19)13-14(17)2/h5-11,13H,3-4,12H2,1-2H3. The van der Waals surface area contributed by atoms with Crippen molar-refractivity contribution in [1.82, 2.24) is 0 Å². The van der Waals surface area contributed by atoms with Gasteiger partial charge >= 0.3 is 0 Å². The van der Waals surface area contributed by atoms with Crippen LogP contribution >= 0.6 is 0 Å². The Morgan fingerprint density at radius 1 is 1.14 bits per heavy atom. The summed E-state index contributed by atoms with van der Waals surface area (Å²) in [7, 11) is 0. The third-order valence-electron chi connectivity index (χ3n) is 3.47. The van der Waals surface area contributed by atoms with Crippen LogP contribution in [0.15, 0.2) is 48.5 Å². The Kier molecular flexibility index (Phi) is 5.09. The zero-order valence-corrected chi connectivity index (χ0v) is 12.5. The lowest BCUT2D eigenvalue weighted by atomic mass is 10.1. The van der Waals surface area contributed by atoms with Crippen LogP contribution in [0.3, 0.4) is 0 Å². The van der Waals surface area contributed by atoms with Crippen LogP contribution in [0, 0.1) is 12.7 Å². The van der Waals surface area contributed by atoms with Crippen LogP contribution in [0.25, 0.3) is 0 Å². The first-order valence-corrected chi connectivity index (χ1v) is 7.26. The highest BCUT2D eigenvalue weighted by Crippen LogP contribution is 2.20. The molecule has 0 atom stereocenters. The molecular formula is C18H20FNO. The molecule has 0 fully saturated rings. The molecule has 110 valence electrons. The average Bonchev–Trinajstić information content (AvgIpc) is 2.48. The topological polar surface area (TPSA) is 20.3 Å². The number of carbonyl (C=O) groups excluding carboxylic acids is 1. The van der Waals surface area contributed by atoms with Gasteiger partial charge in [0.05, 0.1) is 0 Å². The SMILES string of the molecule is CCCCN(C(=O)c1ccc(F)cc1C)c1ccccc1. The first kappa shape index (κ1) is 15.2. The number of para-hydroxylation sites is 1. The predicted molar refractivity (Wildman–Crippen MR) is 84.2 cm³/mol. The number of benzene rings is 2. The number of nitrogens with zero attached hydrogens (tertiary/aromatic N) is 1. The van der Waals surface area contributed by atoms with Crippen molar-refractivity contribution in [1.29, 1.82) is 0 Å². The largest absolute Gasteiger partial charge is 0.308 e. The molecule has 0 radical (unpaired) electrons. The van der Waals surface area contributed by atoms with Gasteiger partial charge in [-0.25, -0.2) is 4.39 Å². The molecule has 0 aliphatic heterocycles. The Labute approximate surface area is 125 Å². The molecule has 2 aromatic rings. The van der Waals surface area contributed by atoms with Crippen molar-refractivity contribution < 1.29 is 9.18 Å². The normalized spacial score (nSPS) is 10.4. The van der Waals surface area contributed by atoms with E-state index in [2.05, 4.69) is 6.92 Å². The van der Waals surface area contributed by atoms with Crippen molar-refractivity contribution in [2.45, 2.75) is 26.7 Å². The second kappa shape index (κ2) is 7.02. The Hall–Kier alpha value is -2.16. The molecule has 0 aliphatic carbocycles. The van der Waals surface area contributed by atoms with Crippen LogP contribution in [-0.2, 0) is 0 Å². The molecule has 3 heteroatoms. The molecule has 2 rings (SSSR count). The van der Waals surface area contributed by atoms with Gasteiger partial charge in [0.1, 0.15) is 5.82 Å². The Morgan fingerprint density at radius 2 is 1.86 bits per heavy atom. The smallest absolute Gasteiger partial charge is 0.258 e. The molecule has 2 nitrogen and oxygen atoms in total. The predicted octanol–water partition coefficient (Wildman–Crippen LogP) is 4.58. The van der Waals surface area contributed by atoms with Gasteiger partial charge < -0.3 is 4.90 Å². The number of carbonyl (C=O) groups is 1. The van der Waals surface area contributed by atoms with Crippen molar-refractivity contribution in [2.75, 3.05) is 11.4 Å². The van der Waals surface area contributed by atoms with E-state index < -0.39 is 0 Å². The fraction of sp³-hybridized carbons (Fsp3) is 0.278. The van der Waals surface area contributed by atoms with Crippen molar-refractivity contribution in [2.24, 2.45) is 0 Å². The van der Waals surface area contributed by atoms with Gasteiger partial charge in [0, 0.05) is 17.8 Å². The Balaban J connectivity index is 2.34. The molecule has 0 bridgehead atoms. The van der Waals surface area contributed by atoms with Crippen molar-refractivity contribution in [3.63, 3.8) is 0 Å². The zero-order chi connectivity index (χ0) is 15.2. The number of unbranched alkanes of at least 4 members (excludes halogenated alkanes) is 1. The van der Waals surface area contributed by atoms with E-state index >= 15 is 0 Å². The summed E-state index contributed by atoms with van der Waals surface area (Å²) in [6.07, 6.45) is 1.94. The maximum atomic E-state index is 13.2. The molecule has 0 heterocycles. The van der Waals surface area contributed by atoms with Crippen LogP contribution in [0.1, 0.15) is 35.7 Å². The number of rotatable bonds is 5. The van der Waals surface area contributed by atoms with E-state index in [1.54, 1.807) is 17.9 Å². The molecule has 2 aromatic carbocycles. The minimum Gasteiger partial charge on any atom is -0.308 e. The minimum absolute atomic E-state index is 0.0767. The Bertz CT molecular complexity index is 610. The maximum absolute atomic E-state index is 13.2. The van der Waals surface area contributed by atoms with Crippen LogP contribution in [0.4, 0.5) is 10.1 Å². The molecule has 0 saturated heterocycles. The van der Waals surface area contributed by atoms with Crippen LogP contribution in [-0.4, -0.2) is 12.5 Å². The summed E-state index contributed by atoms with van der Waals surface area (Å²) in [5.74, 6) is -0.393. The number of hydrogen-bond donors (Lipinski definition) is 0. The molecule has 0 unspecified atom stereocenters. The molecule has 0 N–H and O–H groups in total. The highest BCUT2D eigenvalue weighted by Gasteiger charge is 2.19. The second-order valence-electron chi connectivity index (χ2n) is 5.11. The number of aryl methyl sites for hydroxylation is 1. The molecule has 0 aromatic heterocycles. The third kappa shape index (κ3) is 3.69. The van der Waals surface area contributed by atoms with E-state index in [4.69, 9.17) is 0 Å². The summed E-state index contributed by atoms with van der Waals surface area (Å²) in [4.78, 5) is 14.6. The fourth-order valence-corrected chi connectivity index (χ4v) is 2.28. The number of anilines is 1. The summed E-state index contributed by atoms with van der Waals surface area (Å²) >= 11 is 0. The second-order valence-corrected chi connectivity index (χ2v) is 5.11. The summed E-state index contributed by atoms with van der Waals surface area (Å²) in [6, 6.07) is 13.9. The maximum Gasteiger partial charge on any atom is 0.258 e. The van der Waals surface area contributed by atoms with Gasteiger partial charge in [-0.1, -0.05) is 31.5 Å². The van der Waals surface area contributed by atoms with E-state index in [9.17, 15) is 9.18 Å². The van der Waals surface area contributed by atoms with Crippen molar-refractivity contribution >= 4 is 11.6 Å². The van der Waals surface area contributed by atoms with E-state index in [0.29, 0.717) is 17.7 Å². The molecular weight excluding hydrogens is 265 g/mol. The fourth-order valence-electron chi connectivity index (χ4n) is 2.28. The van der Waals surface area contributed by atoms with Gasteiger partial charge in [0.15, 0.2) is 0 Å². The quantitative estimate of drug-likeness (QED) is 0.787. The van der Waals surface area contributed by atoms with E-state index in [0.717, 1.165) is 18.5 Å². The summed E-state index contributed by atoms with van der Waals surface area (Å²) in [5, 5.41) is 0.